The van der Waals surface area contributed by atoms with E-state index in [1.807, 2.05) is 18.0 Å². The Morgan fingerprint density at radius 3 is 2.40 bits per heavy atom. The van der Waals surface area contributed by atoms with Gasteiger partial charge in [-0.2, -0.15) is 11.8 Å². The zero-order valence-corrected chi connectivity index (χ0v) is 27.2. The minimum absolute atomic E-state index is 0.110. The fraction of sp³-hybridized carbons (Fsp3) is 0.706. The number of carbonyl (C=O) groups excluding carboxylic acids is 2. The van der Waals surface area contributed by atoms with Crippen LogP contribution >= 0.6 is 11.8 Å². The lowest BCUT2D eigenvalue weighted by Gasteiger charge is -2.45. The van der Waals surface area contributed by atoms with E-state index in [-0.39, 0.29) is 23.4 Å². The number of benzene rings is 1. The summed E-state index contributed by atoms with van der Waals surface area (Å²) in [5, 5.41) is 0. The van der Waals surface area contributed by atoms with Gasteiger partial charge in [-0.25, -0.2) is 0 Å². The number of hydrogen-bond acceptors (Lipinski definition) is 6. The van der Waals surface area contributed by atoms with E-state index in [2.05, 4.69) is 72.5 Å². The van der Waals surface area contributed by atoms with E-state index >= 15 is 0 Å². The molecular weight excluding hydrogens is 544 g/mol. The molecule has 0 aromatic heterocycles. The molecule has 42 heavy (non-hydrogen) atoms. The van der Waals surface area contributed by atoms with Crippen molar-refractivity contribution in [3.63, 3.8) is 0 Å². The normalized spacial score (nSPS) is 23.3. The minimum atomic E-state index is -0.115. The standard InChI is InChI=1S/C28H45N3O2.C6H11NOS/c1-5-30(17-9-12-25-10-7-6-8-11-25)27-13-16-28(20-27,31(23-32)24(2)3)22-29(4)21-26-14-18-33-19-15-26;7-6(8)5-1-3-9-4-2-5/h5-8,10-11,23-24,26-27H,1,9,12-22H2,2-4H3;5H,1-4H2,(H2,7,8). The van der Waals surface area contributed by atoms with Crippen LogP contribution in [-0.2, 0) is 20.7 Å². The van der Waals surface area contributed by atoms with Crippen LogP contribution in [0, 0.1) is 11.8 Å². The molecule has 1 aliphatic carbocycles. The lowest BCUT2D eigenvalue weighted by atomic mass is 9.91. The Balaban J connectivity index is 0.000000458. The maximum absolute atomic E-state index is 12.2. The number of nitrogens with two attached hydrogens (primary N) is 1. The van der Waals surface area contributed by atoms with Gasteiger partial charge in [-0.15, -0.1) is 0 Å². The number of hydrogen-bond donors (Lipinski definition) is 1. The van der Waals surface area contributed by atoms with E-state index in [0.717, 1.165) is 109 Å². The number of carbonyl (C=O) groups is 2. The summed E-state index contributed by atoms with van der Waals surface area (Å²) in [6.07, 6.45) is 12.8. The van der Waals surface area contributed by atoms with E-state index in [1.54, 1.807) is 0 Å². The van der Waals surface area contributed by atoms with Crippen molar-refractivity contribution in [2.75, 3.05) is 51.4 Å². The quantitative estimate of drug-likeness (QED) is 0.296. The van der Waals surface area contributed by atoms with Crippen LogP contribution in [0.15, 0.2) is 43.1 Å². The summed E-state index contributed by atoms with van der Waals surface area (Å²) in [7, 11) is 2.24. The summed E-state index contributed by atoms with van der Waals surface area (Å²) in [4.78, 5) is 29.8. The molecule has 1 saturated carbocycles. The van der Waals surface area contributed by atoms with Crippen LogP contribution in [0.1, 0.15) is 70.8 Å². The van der Waals surface area contributed by atoms with Crippen LogP contribution in [0.5, 0.6) is 0 Å². The fourth-order valence-corrected chi connectivity index (χ4v) is 8.16. The van der Waals surface area contributed by atoms with Gasteiger partial charge in [-0.05, 0) is 108 Å². The predicted octanol–water partition coefficient (Wildman–Crippen LogP) is 5.20. The highest BCUT2D eigenvalue weighted by Gasteiger charge is 2.46. The molecule has 4 rings (SSSR count). The fourth-order valence-electron chi connectivity index (χ4n) is 7.05. The molecule has 236 valence electrons. The molecule has 7 nitrogen and oxygen atoms in total. The van der Waals surface area contributed by atoms with E-state index < -0.39 is 0 Å². The smallest absolute Gasteiger partial charge is 0.220 e. The molecular formula is C34H56N4O3S. The molecule has 2 aliphatic heterocycles. The number of ether oxygens (including phenoxy) is 1. The first-order valence-corrected chi connectivity index (χ1v) is 17.2. The second-order valence-corrected chi connectivity index (χ2v) is 14.0. The molecule has 0 bridgehead atoms. The molecule has 1 aromatic rings. The van der Waals surface area contributed by atoms with Gasteiger partial charge >= 0.3 is 0 Å². The molecule has 2 unspecified atom stereocenters. The van der Waals surface area contributed by atoms with Crippen molar-refractivity contribution in [1.82, 2.24) is 14.7 Å². The topological polar surface area (TPSA) is 79.1 Å². The first-order valence-electron chi connectivity index (χ1n) is 16.1. The molecule has 3 fully saturated rings. The van der Waals surface area contributed by atoms with E-state index in [9.17, 15) is 9.59 Å². The number of primary amides is 1. The summed E-state index contributed by atoms with van der Waals surface area (Å²) < 4.78 is 5.55. The average Bonchev–Trinajstić information content (AvgIpc) is 3.41. The first kappa shape index (κ1) is 34.5. The summed E-state index contributed by atoms with van der Waals surface area (Å²) >= 11 is 1.91. The summed E-state index contributed by atoms with van der Waals surface area (Å²) in [5.74, 6) is 2.97. The third kappa shape index (κ3) is 10.6. The van der Waals surface area contributed by atoms with Crippen LogP contribution in [0.4, 0.5) is 0 Å². The van der Waals surface area contributed by atoms with Gasteiger partial charge in [0, 0.05) is 50.8 Å². The molecule has 2 amide bonds. The Morgan fingerprint density at radius 1 is 1.14 bits per heavy atom. The van der Waals surface area contributed by atoms with Gasteiger partial charge < -0.3 is 25.2 Å². The van der Waals surface area contributed by atoms with Gasteiger partial charge in [-0.3, -0.25) is 9.59 Å². The monoisotopic (exact) mass is 600 g/mol. The molecule has 2 heterocycles. The van der Waals surface area contributed by atoms with E-state index in [4.69, 9.17) is 10.5 Å². The molecule has 1 aromatic carbocycles. The number of thioether (sulfide) groups is 1. The first-order chi connectivity index (χ1) is 20.3. The molecule has 2 saturated heterocycles. The molecule has 0 radical (unpaired) electrons. The number of likely N-dealkylation sites (N-methyl/N-ethyl adjacent to an activating group) is 1. The van der Waals surface area contributed by atoms with Crippen molar-refractivity contribution in [2.45, 2.75) is 89.3 Å². The Kier molecular flexibility index (Phi) is 14.7. The van der Waals surface area contributed by atoms with E-state index in [0.29, 0.717) is 12.0 Å². The Morgan fingerprint density at radius 2 is 1.83 bits per heavy atom. The molecule has 2 atom stereocenters. The van der Waals surface area contributed by atoms with Gasteiger partial charge in [0.2, 0.25) is 12.3 Å². The maximum atomic E-state index is 12.2. The highest BCUT2D eigenvalue weighted by atomic mass is 32.2. The van der Waals surface area contributed by atoms with Crippen molar-refractivity contribution < 1.29 is 14.3 Å². The van der Waals surface area contributed by atoms with Crippen LogP contribution in [0.25, 0.3) is 0 Å². The Bertz CT molecular complexity index is 936. The largest absolute Gasteiger partial charge is 0.381 e. The zero-order valence-electron chi connectivity index (χ0n) is 26.4. The summed E-state index contributed by atoms with van der Waals surface area (Å²) in [6.45, 7) is 13.2. The Hall–Kier alpha value is -2.03. The van der Waals surface area contributed by atoms with Crippen molar-refractivity contribution in [3.8, 4) is 0 Å². The molecule has 8 heteroatoms. The SMILES string of the molecule is C=CN(CCCc1ccccc1)C1CCC(CN(C)CC2CCOCC2)(N(C=O)C(C)C)C1.NC(=O)C1CCSCC1. The average molecular weight is 601 g/mol. The van der Waals surface area contributed by atoms with Gasteiger partial charge in [0.15, 0.2) is 0 Å². The lowest BCUT2D eigenvalue weighted by Crippen LogP contribution is -2.56. The number of amides is 2. The number of rotatable bonds is 14. The molecule has 2 N–H and O–H groups in total. The lowest BCUT2D eigenvalue weighted by molar-refractivity contribution is -0.127. The van der Waals surface area contributed by atoms with Crippen molar-refractivity contribution in [2.24, 2.45) is 17.6 Å². The highest BCUT2D eigenvalue weighted by molar-refractivity contribution is 7.99. The second-order valence-electron chi connectivity index (χ2n) is 12.8. The van der Waals surface area contributed by atoms with Crippen LogP contribution in [0.2, 0.25) is 0 Å². The van der Waals surface area contributed by atoms with Gasteiger partial charge in [-0.1, -0.05) is 36.9 Å². The Labute approximate surface area is 259 Å². The second kappa shape index (κ2) is 17.9. The summed E-state index contributed by atoms with van der Waals surface area (Å²) in [5.41, 5.74) is 6.40. The molecule has 0 spiro atoms. The van der Waals surface area contributed by atoms with Crippen molar-refractivity contribution >= 4 is 24.1 Å². The third-order valence-corrected chi connectivity index (χ3v) is 10.4. The van der Waals surface area contributed by atoms with Crippen molar-refractivity contribution in [1.29, 1.82) is 0 Å². The highest BCUT2D eigenvalue weighted by Crippen LogP contribution is 2.39. The predicted molar refractivity (Wildman–Crippen MR) is 175 cm³/mol. The van der Waals surface area contributed by atoms with Gasteiger partial charge in [0.05, 0.1) is 5.54 Å². The van der Waals surface area contributed by atoms with Gasteiger partial charge in [0.25, 0.3) is 0 Å². The summed E-state index contributed by atoms with van der Waals surface area (Å²) in [6, 6.07) is 11.4. The molecule has 3 aliphatic rings. The van der Waals surface area contributed by atoms with Crippen LogP contribution < -0.4 is 5.73 Å². The number of nitrogens with zero attached hydrogens (tertiary/aromatic N) is 3. The maximum Gasteiger partial charge on any atom is 0.220 e. The van der Waals surface area contributed by atoms with Gasteiger partial charge in [0.1, 0.15) is 0 Å². The third-order valence-electron chi connectivity index (χ3n) is 9.30. The van der Waals surface area contributed by atoms with Crippen molar-refractivity contribution in [3.05, 3.63) is 48.7 Å². The zero-order chi connectivity index (χ0) is 30.4. The number of aryl methyl sites for hydroxylation is 1. The minimum Gasteiger partial charge on any atom is -0.381 e. The van der Waals surface area contributed by atoms with E-state index in [1.165, 1.54) is 5.56 Å². The van der Waals surface area contributed by atoms with Crippen LogP contribution in [-0.4, -0.2) is 96.0 Å². The van der Waals surface area contributed by atoms with Crippen LogP contribution in [0.3, 0.4) is 0 Å².